The van der Waals surface area contributed by atoms with Crippen LogP contribution in [0.15, 0.2) is 64.6 Å². The van der Waals surface area contributed by atoms with Gasteiger partial charge < -0.3 is 75.3 Å². The van der Waals surface area contributed by atoms with Crippen LogP contribution in [0.1, 0.15) is 90.2 Å². The fourth-order valence-electron chi connectivity index (χ4n) is 7.54. The summed E-state index contributed by atoms with van der Waals surface area (Å²) in [6.07, 6.45) is 2.01. The van der Waals surface area contributed by atoms with E-state index in [-0.39, 0.29) is 88.0 Å². The number of hydrogen-bond acceptors (Lipinski definition) is 12. The second kappa shape index (κ2) is 31.8. The minimum absolute atomic E-state index is 0.0111. The van der Waals surface area contributed by atoms with Crippen molar-refractivity contribution in [1.29, 1.82) is 0 Å². The number of unbranched alkanes of at least 4 members (excludes halogenated alkanes) is 1. The maximum absolute atomic E-state index is 14.5. The van der Waals surface area contributed by atoms with E-state index in [1.54, 1.807) is 36.4 Å². The third-order valence-corrected chi connectivity index (χ3v) is 11.8. The molecule has 0 aliphatic rings. The van der Waals surface area contributed by atoms with Crippen LogP contribution in [0.5, 0.6) is 5.75 Å². The molecule has 2 aromatic carbocycles. The highest BCUT2D eigenvalue weighted by Crippen LogP contribution is 2.17. The van der Waals surface area contributed by atoms with Crippen molar-refractivity contribution < 1.29 is 48.6 Å². The van der Waals surface area contributed by atoms with Gasteiger partial charge in [-0.2, -0.15) is 0 Å². The average Bonchev–Trinajstić information content (AvgIpc) is 3.34. The van der Waals surface area contributed by atoms with E-state index < -0.39 is 96.2 Å². The number of nitrogens with one attached hydrogen (secondary N) is 5. The number of benzene rings is 2. The highest BCUT2D eigenvalue weighted by atomic mass is 16.4. The van der Waals surface area contributed by atoms with E-state index in [0.29, 0.717) is 18.4 Å². The fraction of sp³-hybridized carbons (Fsp3) is 0.551. The zero-order valence-electron chi connectivity index (χ0n) is 42.8. The number of amides is 7. The molecule has 0 unspecified atom stereocenters. The van der Waals surface area contributed by atoms with Crippen LogP contribution in [0.2, 0.25) is 0 Å². The number of carbonyl (C=O) groups excluding carboxylic acids is 7. The lowest BCUT2D eigenvalue weighted by Crippen LogP contribution is -2.60. The molecule has 17 N–H and O–H groups in total. The summed E-state index contributed by atoms with van der Waals surface area (Å²) in [5.74, 6) is -6.62. The number of nitrogens with two attached hydrogens (primary N) is 5. The van der Waals surface area contributed by atoms with Gasteiger partial charge in [0.1, 0.15) is 48.5 Å². The smallest absolute Gasteiger partial charge is 0.322 e. The third-order valence-electron chi connectivity index (χ3n) is 11.8. The minimum atomic E-state index is -1.31. The maximum Gasteiger partial charge on any atom is 0.322 e. The molecule has 0 spiro atoms. The normalized spacial score (nSPS) is 13.8. The Morgan fingerprint density at radius 2 is 1.10 bits per heavy atom. The predicted molar refractivity (Wildman–Crippen MR) is 276 cm³/mol. The van der Waals surface area contributed by atoms with E-state index in [1.807, 2.05) is 26.8 Å². The lowest BCUT2D eigenvalue weighted by molar-refractivity contribution is -0.144. The van der Waals surface area contributed by atoms with E-state index in [2.05, 4.69) is 36.6 Å². The van der Waals surface area contributed by atoms with Gasteiger partial charge in [0.15, 0.2) is 11.9 Å². The van der Waals surface area contributed by atoms with Gasteiger partial charge in [-0.05, 0) is 81.0 Å². The molecular weight excluding hydrogens is 945 g/mol. The van der Waals surface area contributed by atoms with Gasteiger partial charge in [-0.25, -0.2) is 0 Å². The number of aliphatic carboxylic acids is 1. The summed E-state index contributed by atoms with van der Waals surface area (Å²) in [5, 5.41) is 32.0. The quantitative estimate of drug-likeness (QED) is 0.0229. The predicted octanol–water partition coefficient (Wildman–Crippen LogP) is -1.34. The van der Waals surface area contributed by atoms with E-state index in [1.165, 1.54) is 38.1 Å². The molecule has 0 radical (unpaired) electrons. The van der Waals surface area contributed by atoms with Gasteiger partial charge in [0.05, 0.1) is 6.04 Å². The topological polar surface area (TPSA) is 398 Å². The van der Waals surface area contributed by atoms with Crippen LogP contribution >= 0.6 is 0 Å². The number of nitrogens with zero attached hydrogens (tertiary/aromatic N) is 4. The molecule has 24 nitrogen and oxygen atoms in total. The molecule has 0 aliphatic heterocycles. The second-order valence-electron chi connectivity index (χ2n) is 18.3. The van der Waals surface area contributed by atoms with Crippen LogP contribution in [-0.2, 0) is 51.2 Å². The third kappa shape index (κ3) is 22.6. The first kappa shape index (κ1) is 61.6. The van der Waals surface area contributed by atoms with Crippen LogP contribution < -0.4 is 55.3 Å². The Balaban J connectivity index is 2.42. The number of carboxylic acid groups (broad SMARTS) is 1. The molecule has 0 bridgehead atoms. The van der Waals surface area contributed by atoms with Crippen molar-refractivity contribution in [2.24, 2.45) is 44.6 Å². The summed E-state index contributed by atoms with van der Waals surface area (Å²) in [6.45, 7) is 6.50. The van der Waals surface area contributed by atoms with E-state index in [4.69, 9.17) is 33.8 Å². The van der Waals surface area contributed by atoms with Gasteiger partial charge in [0.2, 0.25) is 41.4 Å². The average molecular weight is 1020 g/mol. The number of carboxylic acids is 1. The lowest BCUT2D eigenvalue weighted by Gasteiger charge is -2.34. The van der Waals surface area contributed by atoms with Gasteiger partial charge in [0, 0.05) is 33.6 Å². The molecule has 24 heteroatoms. The van der Waals surface area contributed by atoms with Crippen molar-refractivity contribution in [1.82, 2.24) is 36.4 Å². The van der Waals surface area contributed by atoms with Crippen molar-refractivity contribution >= 4 is 59.2 Å². The van der Waals surface area contributed by atoms with Crippen LogP contribution in [0, 0.1) is 5.92 Å². The van der Waals surface area contributed by atoms with Crippen molar-refractivity contribution in [3.05, 3.63) is 65.7 Å². The Labute approximate surface area is 427 Å². The SMILES string of the molecule is CCCC[C@H](NC(=O)[C@H](CC(C)C)N(C)C(=O)[C@H](Cc1ccccc1)NC(=O)[C@@H](N)Cc1ccc(O)cc1)C(=O)N[C@@H](CCCN=C(N)N)C(=O)N(C)[C@@H](C)C(=O)N[C@@H](CCCN=C(N)N)C(=O)NCC(=O)O. The number of carbonyl (C=O) groups is 8. The zero-order valence-corrected chi connectivity index (χ0v) is 42.8. The Hall–Kier alpha value is -7.50. The monoisotopic (exact) mass is 1020 g/mol. The molecule has 0 aromatic heterocycles. The zero-order chi connectivity index (χ0) is 54.8. The number of likely N-dealkylation sites (N-methyl/N-ethyl adjacent to an activating group) is 2. The largest absolute Gasteiger partial charge is 0.508 e. The lowest BCUT2D eigenvalue weighted by atomic mass is 9.98. The molecular formula is C49H78N14O10. The molecule has 0 saturated heterocycles. The number of hydrogen-bond donors (Lipinski definition) is 12. The Morgan fingerprint density at radius 3 is 1.64 bits per heavy atom. The second-order valence-corrected chi connectivity index (χ2v) is 18.3. The fourth-order valence-corrected chi connectivity index (χ4v) is 7.54. The summed E-state index contributed by atoms with van der Waals surface area (Å²) >= 11 is 0. The van der Waals surface area contributed by atoms with E-state index in [0.717, 1.165) is 10.5 Å². The van der Waals surface area contributed by atoms with Gasteiger partial charge in [0.25, 0.3) is 0 Å². The molecule has 0 heterocycles. The van der Waals surface area contributed by atoms with Gasteiger partial charge in [-0.1, -0.05) is 76.1 Å². The molecule has 0 saturated carbocycles. The molecule has 2 rings (SSSR count). The molecule has 7 amide bonds. The first-order valence-electron chi connectivity index (χ1n) is 24.4. The molecule has 7 atom stereocenters. The van der Waals surface area contributed by atoms with Gasteiger partial charge >= 0.3 is 5.97 Å². The summed E-state index contributed by atoms with van der Waals surface area (Å²) in [5.41, 5.74) is 29.6. The van der Waals surface area contributed by atoms with E-state index >= 15 is 0 Å². The summed E-state index contributed by atoms with van der Waals surface area (Å²) in [7, 11) is 2.78. The van der Waals surface area contributed by atoms with Gasteiger partial charge in [-0.3, -0.25) is 48.3 Å². The number of phenols is 1. The summed E-state index contributed by atoms with van der Waals surface area (Å²) in [4.78, 5) is 119. The van der Waals surface area contributed by atoms with Crippen molar-refractivity contribution in [2.45, 2.75) is 134 Å². The number of phenolic OH excluding ortho intramolecular Hbond substituents is 1. The van der Waals surface area contributed by atoms with Crippen LogP contribution in [0.25, 0.3) is 0 Å². The van der Waals surface area contributed by atoms with Crippen molar-refractivity contribution in [3.63, 3.8) is 0 Å². The Kier molecular flexibility index (Phi) is 26.8. The van der Waals surface area contributed by atoms with Crippen LogP contribution in [0.3, 0.4) is 0 Å². The highest BCUT2D eigenvalue weighted by molar-refractivity contribution is 5.97. The first-order chi connectivity index (χ1) is 34.4. The molecule has 2 aromatic rings. The summed E-state index contributed by atoms with van der Waals surface area (Å²) in [6, 6.07) is 6.92. The standard InChI is InChI=1S/C49H78N14O10/c1-7-8-16-36(44(70)60-37(18-13-24-56-49(53)54)46(72)62(5)30(4)41(67)58-35(17-12-23-55-48(51)52)43(69)57-28-40(65)66)59-45(71)39(25-29(2)3)63(6)47(73)38(27-31-14-10-9-11-15-31)61-42(68)34(50)26-32-19-21-33(64)22-20-32/h9-11,14-15,19-22,29-30,34-39,64H,7-8,12-13,16-18,23-28,50H2,1-6H3,(H,57,69)(H,58,67)(H,59,71)(H,60,70)(H,61,68)(H,65,66)(H4,51,52,55)(H4,53,54,56)/t30-,34-,35-,36-,37-,38-,39-/m0/s1. The van der Waals surface area contributed by atoms with Gasteiger partial charge in [-0.15, -0.1) is 0 Å². The van der Waals surface area contributed by atoms with E-state index in [9.17, 15) is 43.5 Å². The molecule has 0 fully saturated rings. The van der Waals surface area contributed by atoms with Crippen molar-refractivity contribution in [2.75, 3.05) is 33.7 Å². The first-order valence-corrected chi connectivity index (χ1v) is 24.4. The number of guanidine groups is 2. The molecule has 0 aliphatic carbocycles. The van der Waals surface area contributed by atoms with Crippen LogP contribution in [0.4, 0.5) is 0 Å². The number of rotatable bonds is 32. The number of aromatic hydroxyl groups is 1. The Bertz CT molecular complexity index is 2190. The minimum Gasteiger partial charge on any atom is -0.508 e. The van der Waals surface area contributed by atoms with Crippen molar-refractivity contribution in [3.8, 4) is 5.75 Å². The summed E-state index contributed by atoms with van der Waals surface area (Å²) < 4.78 is 0. The number of aliphatic imine (C=N–C) groups is 2. The molecule has 404 valence electrons. The Morgan fingerprint density at radius 1 is 0.603 bits per heavy atom. The maximum atomic E-state index is 14.5. The van der Waals surface area contributed by atoms with Crippen LogP contribution in [-0.4, -0.2) is 155 Å². The molecule has 73 heavy (non-hydrogen) atoms. The highest BCUT2D eigenvalue weighted by Gasteiger charge is 2.37.